The molecule has 0 aliphatic rings. The maximum Gasteiger partial charge on any atom is 0.341 e. The van der Waals surface area contributed by atoms with Crippen LogP contribution in [0.3, 0.4) is 0 Å². The number of halogens is 3. The van der Waals surface area contributed by atoms with Crippen LogP contribution in [0.1, 0.15) is 21.7 Å². The van der Waals surface area contributed by atoms with E-state index in [-0.39, 0.29) is 16.3 Å². The number of nitrogens with zero attached hydrogens (tertiary/aromatic N) is 1. The highest BCUT2D eigenvalue weighted by molar-refractivity contribution is 6.36. The Labute approximate surface area is 135 Å². The van der Waals surface area contributed by atoms with Gasteiger partial charge in [0.05, 0.1) is 10.7 Å². The van der Waals surface area contributed by atoms with Crippen molar-refractivity contribution in [3.05, 3.63) is 60.4 Å². The van der Waals surface area contributed by atoms with Gasteiger partial charge in [0.25, 0.3) is 0 Å². The molecule has 0 radical (unpaired) electrons. The predicted octanol–water partition coefficient (Wildman–Crippen LogP) is 4.11. The van der Waals surface area contributed by atoms with Crippen LogP contribution < -0.4 is 5.43 Å². The first-order chi connectivity index (χ1) is 9.75. The second kappa shape index (κ2) is 5.72. The average molecular weight is 347 g/mol. The molecular weight excluding hydrogens is 337 g/mol. The molecule has 4 nitrogen and oxygen atoms in total. The molecule has 2 rings (SSSR count). The second-order valence-corrected chi connectivity index (χ2v) is 5.65. The molecule has 0 saturated carbocycles. The Kier molecular flexibility index (Phi) is 4.33. The molecule has 0 bridgehead atoms. The van der Waals surface area contributed by atoms with Crippen LogP contribution in [0.5, 0.6) is 0 Å². The van der Waals surface area contributed by atoms with Gasteiger partial charge in [-0.05, 0) is 32.0 Å². The van der Waals surface area contributed by atoms with Crippen LogP contribution in [0.25, 0.3) is 5.69 Å². The minimum atomic E-state index is -1.33. The normalized spacial score (nSPS) is 10.7. The van der Waals surface area contributed by atoms with Crippen molar-refractivity contribution in [2.75, 3.05) is 0 Å². The molecule has 0 fully saturated rings. The van der Waals surface area contributed by atoms with Crippen LogP contribution in [-0.4, -0.2) is 15.6 Å². The molecule has 1 heterocycles. The summed E-state index contributed by atoms with van der Waals surface area (Å²) in [5, 5.41) is 9.84. The summed E-state index contributed by atoms with van der Waals surface area (Å²) in [6.45, 7) is 3.15. The van der Waals surface area contributed by atoms with E-state index in [2.05, 4.69) is 0 Å². The number of hydrogen-bond acceptors (Lipinski definition) is 2. The average Bonchev–Trinajstić information content (AvgIpc) is 2.38. The van der Waals surface area contributed by atoms with Gasteiger partial charge in [0.15, 0.2) is 0 Å². The maximum absolute atomic E-state index is 12.0. The molecule has 0 atom stereocenters. The van der Waals surface area contributed by atoms with E-state index in [0.717, 1.165) is 0 Å². The minimum absolute atomic E-state index is 0.149. The van der Waals surface area contributed by atoms with Gasteiger partial charge in [-0.1, -0.05) is 34.8 Å². The standard InChI is InChI=1S/C14H10Cl3NO3/c1-6-11(14(20)21)13(19)12(17)7(2)18(6)10-4-3-8(15)5-9(10)16/h3-5H,1-2H3,(H,20,21). The summed E-state index contributed by atoms with van der Waals surface area (Å²) in [6, 6.07) is 4.79. The Morgan fingerprint density at radius 1 is 1.14 bits per heavy atom. The van der Waals surface area contributed by atoms with Gasteiger partial charge in [-0.3, -0.25) is 4.79 Å². The number of hydrogen-bond donors (Lipinski definition) is 1. The minimum Gasteiger partial charge on any atom is -0.477 e. The molecule has 21 heavy (non-hydrogen) atoms. The van der Waals surface area contributed by atoms with Crippen LogP contribution in [0.15, 0.2) is 23.0 Å². The molecule has 0 aliphatic heterocycles. The first-order valence-electron chi connectivity index (χ1n) is 5.86. The fourth-order valence-corrected chi connectivity index (χ4v) is 2.85. The lowest BCUT2D eigenvalue weighted by molar-refractivity contribution is 0.0694. The van der Waals surface area contributed by atoms with E-state index >= 15 is 0 Å². The van der Waals surface area contributed by atoms with Crippen molar-refractivity contribution in [2.45, 2.75) is 13.8 Å². The number of aromatic carboxylic acids is 1. The van der Waals surface area contributed by atoms with E-state index in [1.165, 1.54) is 17.6 Å². The van der Waals surface area contributed by atoms with Gasteiger partial charge in [0, 0.05) is 16.4 Å². The van der Waals surface area contributed by atoms with Gasteiger partial charge in [-0.25, -0.2) is 4.79 Å². The lowest BCUT2D eigenvalue weighted by Crippen LogP contribution is -2.24. The third-order valence-corrected chi connectivity index (χ3v) is 4.12. The zero-order chi connectivity index (χ0) is 15.9. The van der Waals surface area contributed by atoms with E-state index in [1.54, 1.807) is 19.1 Å². The molecule has 0 amide bonds. The Morgan fingerprint density at radius 3 is 2.29 bits per heavy atom. The zero-order valence-corrected chi connectivity index (χ0v) is 13.3. The first-order valence-corrected chi connectivity index (χ1v) is 6.99. The fraction of sp³-hybridized carbons (Fsp3) is 0.143. The molecule has 1 aromatic carbocycles. The van der Waals surface area contributed by atoms with E-state index < -0.39 is 11.4 Å². The lowest BCUT2D eigenvalue weighted by atomic mass is 10.1. The Bertz CT molecular complexity index is 812. The molecule has 0 aliphatic carbocycles. The van der Waals surface area contributed by atoms with Crippen molar-refractivity contribution in [3.63, 3.8) is 0 Å². The quantitative estimate of drug-likeness (QED) is 0.890. The van der Waals surface area contributed by atoms with Crippen LogP contribution in [-0.2, 0) is 0 Å². The number of carboxylic acid groups (broad SMARTS) is 1. The van der Waals surface area contributed by atoms with Gasteiger partial charge < -0.3 is 9.67 Å². The maximum atomic E-state index is 12.0. The third kappa shape index (κ3) is 2.67. The number of carboxylic acids is 1. The summed E-state index contributed by atoms with van der Waals surface area (Å²) < 4.78 is 1.53. The molecule has 7 heteroatoms. The molecular formula is C14H10Cl3NO3. The lowest BCUT2D eigenvalue weighted by Gasteiger charge is -2.19. The first kappa shape index (κ1) is 15.9. The molecule has 0 spiro atoms. The van der Waals surface area contributed by atoms with Crippen molar-refractivity contribution in [2.24, 2.45) is 0 Å². The molecule has 1 aromatic heterocycles. The highest BCUT2D eigenvalue weighted by atomic mass is 35.5. The molecule has 0 unspecified atom stereocenters. The van der Waals surface area contributed by atoms with Crippen molar-refractivity contribution in [1.82, 2.24) is 4.57 Å². The largest absolute Gasteiger partial charge is 0.477 e. The summed E-state index contributed by atoms with van der Waals surface area (Å²) in [4.78, 5) is 23.3. The van der Waals surface area contributed by atoms with Crippen molar-refractivity contribution < 1.29 is 9.90 Å². The molecule has 0 saturated heterocycles. The van der Waals surface area contributed by atoms with Gasteiger partial charge in [0.1, 0.15) is 10.6 Å². The van der Waals surface area contributed by atoms with Crippen LogP contribution in [0.4, 0.5) is 0 Å². The molecule has 1 N–H and O–H groups in total. The molecule has 110 valence electrons. The van der Waals surface area contributed by atoms with Crippen LogP contribution >= 0.6 is 34.8 Å². The number of benzene rings is 1. The van der Waals surface area contributed by atoms with Gasteiger partial charge in [-0.15, -0.1) is 0 Å². The van der Waals surface area contributed by atoms with E-state index in [9.17, 15) is 14.7 Å². The second-order valence-electron chi connectivity index (χ2n) is 4.43. The SMILES string of the molecule is Cc1c(Cl)c(=O)c(C(=O)O)c(C)n1-c1ccc(Cl)cc1Cl. The van der Waals surface area contributed by atoms with Gasteiger partial charge >= 0.3 is 5.97 Å². The van der Waals surface area contributed by atoms with E-state index in [1.807, 2.05) is 0 Å². The smallest absolute Gasteiger partial charge is 0.341 e. The fourth-order valence-electron chi connectivity index (χ4n) is 2.18. The van der Waals surface area contributed by atoms with Crippen molar-refractivity contribution >= 4 is 40.8 Å². The number of rotatable bonds is 2. The van der Waals surface area contributed by atoms with Crippen LogP contribution in [0, 0.1) is 13.8 Å². The monoisotopic (exact) mass is 345 g/mol. The van der Waals surface area contributed by atoms with Crippen molar-refractivity contribution in [1.29, 1.82) is 0 Å². The Morgan fingerprint density at radius 2 is 1.76 bits per heavy atom. The third-order valence-electron chi connectivity index (χ3n) is 3.14. The summed E-state index contributed by atoms with van der Waals surface area (Å²) in [5.74, 6) is -1.33. The highest BCUT2D eigenvalue weighted by Crippen LogP contribution is 2.28. The summed E-state index contributed by atoms with van der Waals surface area (Å²) in [5.41, 5.74) is 0.0737. The number of carbonyl (C=O) groups is 1. The summed E-state index contributed by atoms with van der Waals surface area (Å²) >= 11 is 18.0. The number of aromatic nitrogens is 1. The van der Waals surface area contributed by atoms with Gasteiger partial charge in [-0.2, -0.15) is 0 Å². The number of pyridine rings is 1. The van der Waals surface area contributed by atoms with E-state index in [4.69, 9.17) is 34.8 Å². The summed E-state index contributed by atoms with van der Waals surface area (Å²) in [7, 11) is 0. The Balaban J connectivity index is 2.93. The summed E-state index contributed by atoms with van der Waals surface area (Å²) in [6.07, 6.45) is 0. The highest BCUT2D eigenvalue weighted by Gasteiger charge is 2.22. The Hall–Kier alpha value is -1.49. The predicted molar refractivity (Wildman–Crippen MR) is 83.5 cm³/mol. The molecule has 2 aromatic rings. The van der Waals surface area contributed by atoms with E-state index in [0.29, 0.717) is 21.4 Å². The van der Waals surface area contributed by atoms with Crippen LogP contribution in [0.2, 0.25) is 15.1 Å². The zero-order valence-electron chi connectivity index (χ0n) is 11.1. The van der Waals surface area contributed by atoms with Crippen molar-refractivity contribution in [3.8, 4) is 5.69 Å². The van der Waals surface area contributed by atoms with Gasteiger partial charge in [0.2, 0.25) is 5.43 Å². The topological polar surface area (TPSA) is 59.3 Å².